The summed E-state index contributed by atoms with van der Waals surface area (Å²) < 4.78 is 18.4. The number of hydrogen-bond donors (Lipinski definition) is 0. The Bertz CT molecular complexity index is 1030. The molecule has 3 aromatic rings. The van der Waals surface area contributed by atoms with Crippen LogP contribution in [0.5, 0.6) is 5.75 Å². The molecule has 5 nitrogen and oxygen atoms in total. The van der Waals surface area contributed by atoms with E-state index in [1.807, 2.05) is 24.3 Å². The third-order valence-corrected chi connectivity index (χ3v) is 6.35. The number of aromatic nitrogens is 1. The number of carbonyl (C=O) groups is 1. The van der Waals surface area contributed by atoms with Crippen molar-refractivity contribution in [2.75, 3.05) is 33.3 Å². The van der Waals surface area contributed by atoms with E-state index in [-0.39, 0.29) is 10.9 Å². The number of piperazine rings is 1. The summed E-state index contributed by atoms with van der Waals surface area (Å²) in [5.74, 6) is 0.221. The van der Waals surface area contributed by atoms with E-state index in [1.165, 1.54) is 18.2 Å². The second-order valence-electron chi connectivity index (χ2n) is 7.07. The molecule has 0 atom stereocenters. The maximum atomic E-state index is 13.2. The Kier molecular flexibility index (Phi) is 6.32. The normalized spacial score (nSPS) is 14.7. The smallest absolute Gasteiger partial charge is 0.255 e. The van der Waals surface area contributed by atoms with Gasteiger partial charge < -0.3 is 9.64 Å². The number of halogens is 2. The van der Waals surface area contributed by atoms with E-state index in [9.17, 15) is 9.18 Å². The lowest BCUT2D eigenvalue weighted by Gasteiger charge is -2.34. The highest BCUT2D eigenvalue weighted by Crippen LogP contribution is 2.26. The molecule has 0 unspecified atom stereocenters. The number of amides is 1. The number of rotatable bonds is 5. The monoisotopic (exact) mass is 445 g/mol. The maximum absolute atomic E-state index is 13.2. The summed E-state index contributed by atoms with van der Waals surface area (Å²) in [6.07, 6.45) is 0. The van der Waals surface area contributed by atoms with E-state index in [0.29, 0.717) is 18.7 Å². The van der Waals surface area contributed by atoms with E-state index >= 15 is 0 Å². The summed E-state index contributed by atoms with van der Waals surface area (Å²) in [4.78, 5) is 21.5. The lowest BCUT2D eigenvalue weighted by atomic mass is 10.1. The average Bonchev–Trinajstić information content (AvgIpc) is 3.22. The number of ether oxygens (including phenoxy) is 1. The molecular weight excluding hydrogens is 425 g/mol. The first-order valence-corrected chi connectivity index (χ1v) is 10.8. The Balaban J connectivity index is 1.33. The molecule has 30 heavy (non-hydrogen) atoms. The molecular formula is C22H21ClFN3O2S. The van der Waals surface area contributed by atoms with E-state index in [1.54, 1.807) is 23.3 Å². The minimum absolute atomic E-state index is 0.149. The molecule has 0 bridgehead atoms. The van der Waals surface area contributed by atoms with Gasteiger partial charge in [0.2, 0.25) is 0 Å². The third kappa shape index (κ3) is 4.64. The molecule has 1 fully saturated rings. The van der Waals surface area contributed by atoms with Gasteiger partial charge in [0.05, 0.1) is 23.4 Å². The van der Waals surface area contributed by atoms with Crippen LogP contribution in [0.1, 0.15) is 16.1 Å². The van der Waals surface area contributed by atoms with Crippen molar-refractivity contribution < 1.29 is 13.9 Å². The highest BCUT2D eigenvalue weighted by molar-refractivity contribution is 7.13. The summed E-state index contributed by atoms with van der Waals surface area (Å²) in [7, 11) is 1.65. The van der Waals surface area contributed by atoms with Crippen LogP contribution in [0.2, 0.25) is 5.02 Å². The highest BCUT2D eigenvalue weighted by atomic mass is 35.5. The second-order valence-corrected chi connectivity index (χ2v) is 8.33. The Morgan fingerprint density at radius 1 is 1.17 bits per heavy atom. The predicted octanol–water partition coefficient (Wildman–Crippen LogP) is 4.57. The van der Waals surface area contributed by atoms with Crippen LogP contribution >= 0.6 is 22.9 Å². The van der Waals surface area contributed by atoms with E-state index in [0.717, 1.165) is 41.6 Å². The number of methoxy groups -OCH3 is 1. The first kappa shape index (κ1) is 20.8. The minimum Gasteiger partial charge on any atom is -0.497 e. The molecule has 2 heterocycles. The molecule has 1 saturated heterocycles. The first-order chi connectivity index (χ1) is 14.5. The van der Waals surface area contributed by atoms with Gasteiger partial charge in [-0.3, -0.25) is 9.69 Å². The summed E-state index contributed by atoms with van der Waals surface area (Å²) in [5, 5.41) is 3.21. The van der Waals surface area contributed by atoms with Crippen LogP contribution in [0.4, 0.5) is 4.39 Å². The number of benzene rings is 2. The fourth-order valence-corrected chi connectivity index (χ4v) is 4.48. The lowest BCUT2D eigenvalue weighted by molar-refractivity contribution is 0.0627. The van der Waals surface area contributed by atoms with Gasteiger partial charge in [-0.2, -0.15) is 0 Å². The van der Waals surface area contributed by atoms with Crippen LogP contribution in [0.25, 0.3) is 10.6 Å². The molecule has 1 amide bonds. The van der Waals surface area contributed by atoms with E-state index < -0.39 is 5.82 Å². The van der Waals surface area contributed by atoms with Crippen LogP contribution < -0.4 is 4.74 Å². The minimum atomic E-state index is -0.446. The van der Waals surface area contributed by atoms with Gasteiger partial charge in [0.1, 0.15) is 16.6 Å². The quantitative estimate of drug-likeness (QED) is 0.577. The van der Waals surface area contributed by atoms with Gasteiger partial charge >= 0.3 is 0 Å². The van der Waals surface area contributed by atoms with Gasteiger partial charge in [0.25, 0.3) is 5.91 Å². The first-order valence-electron chi connectivity index (χ1n) is 9.59. The molecule has 1 aromatic heterocycles. The van der Waals surface area contributed by atoms with Gasteiger partial charge in [-0.25, -0.2) is 9.37 Å². The molecule has 0 saturated carbocycles. The van der Waals surface area contributed by atoms with Crippen molar-refractivity contribution >= 4 is 28.8 Å². The van der Waals surface area contributed by atoms with Crippen molar-refractivity contribution in [2.45, 2.75) is 6.54 Å². The Hall–Kier alpha value is -2.48. The number of nitrogens with zero attached hydrogens (tertiary/aromatic N) is 3. The largest absolute Gasteiger partial charge is 0.497 e. The topological polar surface area (TPSA) is 45.7 Å². The van der Waals surface area contributed by atoms with Crippen LogP contribution in [0.15, 0.2) is 47.8 Å². The van der Waals surface area contributed by atoms with Gasteiger partial charge in [-0.05, 0) is 42.5 Å². The van der Waals surface area contributed by atoms with E-state index in [2.05, 4.69) is 10.3 Å². The van der Waals surface area contributed by atoms with Crippen LogP contribution in [-0.2, 0) is 6.54 Å². The lowest BCUT2D eigenvalue weighted by Crippen LogP contribution is -2.48. The van der Waals surface area contributed by atoms with Crippen molar-refractivity contribution in [2.24, 2.45) is 0 Å². The van der Waals surface area contributed by atoms with E-state index in [4.69, 9.17) is 21.3 Å². The Labute approximate surface area is 183 Å². The van der Waals surface area contributed by atoms with Gasteiger partial charge in [-0.15, -0.1) is 11.3 Å². The van der Waals surface area contributed by atoms with Gasteiger partial charge in [-0.1, -0.05) is 11.6 Å². The molecule has 4 rings (SSSR count). The SMILES string of the molecule is COc1ccc(-c2nc(CN3CCN(C(=O)c4ccc(F)cc4Cl)CC3)cs2)cc1. The molecule has 1 aliphatic rings. The fraction of sp³-hybridized carbons (Fsp3) is 0.273. The number of hydrogen-bond acceptors (Lipinski definition) is 5. The zero-order chi connectivity index (χ0) is 21.1. The second kappa shape index (κ2) is 9.12. The zero-order valence-electron chi connectivity index (χ0n) is 16.5. The van der Waals surface area contributed by atoms with Crippen LogP contribution in [-0.4, -0.2) is 54.0 Å². The zero-order valence-corrected chi connectivity index (χ0v) is 18.0. The maximum Gasteiger partial charge on any atom is 0.255 e. The Morgan fingerprint density at radius 3 is 2.57 bits per heavy atom. The van der Waals surface area contributed by atoms with Crippen molar-refractivity contribution in [1.29, 1.82) is 0 Å². The molecule has 0 radical (unpaired) electrons. The van der Waals surface area contributed by atoms with Crippen molar-refractivity contribution in [1.82, 2.24) is 14.8 Å². The predicted molar refractivity (Wildman–Crippen MR) is 117 cm³/mol. The van der Waals surface area contributed by atoms with Crippen molar-refractivity contribution in [3.05, 3.63) is 69.9 Å². The number of thiazole rings is 1. The number of carbonyl (C=O) groups excluding carboxylic acids is 1. The summed E-state index contributed by atoms with van der Waals surface area (Å²) in [6, 6.07) is 11.8. The standard InChI is InChI=1S/C22H21ClFN3O2S/c1-29-18-5-2-15(3-6-18)21-25-17(14-30-21)13-26-8-10-27(11-9-26)22(28)19-7-4-16(24)12-20(19)23/h2-7,12,14H,8-11,13H2,1H3. The highest BCUT2D eigenvalue weighted by Gasteiger charge is 2.24. The molecule has 0 aliphatic carbocycles. The van der Waals surface area contributed by atoms with Crippen LogP contribution in [0.3, 0.4) is 0 Å². The molecule has 1 aliphatic heterocycles. The molecule has 156 valence electrons. The van der Waals surface area contributed by atoms with Gasteiger partial charge in [0, 0.05) is 43.7 Å². The molecule has 2 aromatic carbocycles. The average molecular weight is 446 g/mol. The summed E-state index contributed by atoms with van der Waals surface area (Å²) >= 11 is 7.66. The van der Waals surface area contributed by atoms with Crippen LogP contribution in [0, 0.1) is 5.82 Å². The summed E-state index contributed by atoms with van der Waals surface area (Å²) in [6.45, 7) is 3.44. The molecule has 8 heteroatoms. The Morgan fingerprint density at radius 2 is 1.90 bits per heavy atom. The molecule has 0 N–H and O–H groups in total. The van der Waals surface area contributed by atoms with Crippen molar-refractivity contribution in [3.8, 4) is 16.3 Å². The fourth-order valence-electron chi connectivity index (χ4n) is 3.42. The molecule has 0 spiro atoms. The summed E-state index contributed by atoms with van der Waals surface area (Å²) in [5.41, 5.74) is 2.43. The third-order valence-electron chi connectivity index (χ3n) is 5.10. The van der Waals surface area contributed by atoms with Gasteiger partial charge in [0.15, 0.2) is 0 Å². The van der Waals surface area contributed by atoms with Crippen molar-refractivity contribution in [3.63, 3.8) is 0 Å².